The van der Waals surface area contributed by atoms with Crippen LogP contribution in [0.2, 0.25) is 0 Å². The van der Waals surface area contributed by atoms with Crippen molar-refractivity contribution in [2.45, 2.75) is 37.5 Å². The van der Waals surface area contributed by atoms with Crippen molar-refractivity contribution in [3.8, 4) is 5.75 Å². The first kappa shape index (κ1) is 11.5. The van der Waals surface area contributed by atoms with E-state index in [1.807, 2.05) is 6.07 Å². The molecule has 3 rings (SSSR count). The van der Waals surface area contributed by atoms with Crippen LogP contribution in [-0.2, 0) is 16.6 Å². The highest BCUT2D eigenvalue weighted by Crippen LogP contribution is 2.44. The van der Waals surface area contributed by atoms with E-state index in [1.165, 1.54) is 17.5 Å². The Hall–Kier alpha value is -1.57. The Morgan fingerprint density at radius 2 is 2.11 bits per heavy atom. The average Bonchev–Trinajstić information content (AvgIpc) is 2.42. The Morgan fingerprint density at radius 1 is 1.22 bits per heavy atom. The number of ketones is 1. The van der Waals surface area contributed by atoms with Crippen molar-refractivity contribution in [3.05, 3.63) is 41.5 Å². The van der Waals surface area contributed by atoms with Crippen molar-refractivity contribution in [2.75, 3.05) is 7.11 Å². The second-order valence-electron chi connectivity index (χ2n) is 5.33. The molecule has 1 spiro atoms. The van der Waals surface area contributed by atoms with E-state index in [2.05, 4.69) is 18.2 Å². The number of aryl methyl sites for hydroxylation is 1. The van der Waals surface area contributed by atoms with Gasteiger partial charge in [-0.25, -0.2) is 0 Å². The van der Waals surface area contributed by atoms with Gasteiger partial charge in [0.2, 0.25) is 0 Å². The minimum atomic E-state index is 0.105. The second kappa shape index (κ2) is 4.27. The van der Waals surface area contributed by atoms with Gasteiger partial charge in [-0.3, -0.25) is 4.79 Å². The molecule has 0 radical (unpaired) electrons. The van der Waals surface area contributed by atoms with E-state index in [1.54, 1.807) is 13.2 Å². The van der Waals surface area contributed by atoms with Crippen LogP contribution < -0.4 is 4.74 Å². The SMILES string of the molecule is COc1ccc2c(c1)CCC[C@]21C=CC(=O)CC1. The van der Waals surface area contributed by atoms with E-state index < -0.39 is 0 Å². The van der Waals surface area contributed by atoms with E-state index in [9.17, 15) is 4.79 Å². The molecule has 0 heterocycles. The zero-order chi connectivity index (χ0) is 12.6. The van der Waals surface area contributed by atoms with Gasteiger partial charge in [-0.2, -0.15) is 0 Å². The van der Waals surface area contributed by atoms with Gasteiger partial charge in [-0.15, -0.1) is 0 Å². The lowest BCUT2D eigenvalue weighted by molar-refractivity contribution is -0.115. The summed E-state index contributed by atoms with van der Waals surface area (Å²) in [6.07, 6.45) is 9.04. The van der Waals surface area contributed by atoms with Crippen LogP contribution in [0.15, 0.2) is 30.4 Å². The van der Waals surface area contributed by atoms with Crippen molar-refractivity contribution in [3.63, 3.8) is 0 Å². The summed E-state index contributed by atoms with van der Waals surface area (Å²) >= 11 is 0. The maximum Gasteiger partial charge on any atom is 0.155 e. The third-order valence-electron chi connectivity index (χ3n) is 4.32. The molecular formula is C16H18O2. The van der Waals surface area contributed by atoms with Crippen molar-refractivity contribution >= 4 is 5.78 Å². The molecule has 1 aromatic carbocycles. The first-order chi connectivity index (χ1) is 8.73. The Kier molecular flexibility index (Phi) is 2.73. The van der Waals surface area contributed by atoms with E-state index in [4.69, 9.17) is 4.74 Å². The van der Waals surface area contributed by atoms with Gasteiger partial charge in [0.15, 0.2) is 5.78 Å². The molecular weight excluding hydrogens is 224 g/mol. The number of benzene rings is 1. The highest BCUT2D eigenvalue weighted by Gasteiger charge is 2.36. The Labute approximate surface area is 108 Å². The van der Waals surface area contributed by atoms with Crippen LogP contribution in [0.25, 0.3) is 0 Å². The first-order valence-corrected chi connectivity index (χ1v) is 6.63. The third-order valence-corrected chi connectivity index (χ3v) is 4.32. The normalized spacial score (nSPS) is 26.2. The van der Waals surface area contributed by atoms with Gasteiger partial charge in [-0.1, -0.05) is 12.1 Å². The van der Waals surface area contributed by atoms with Crippen LogP contribution in [0.5, 0.6) is 5.75 Å². The monoisotopic (exact) mass is 242 g/mol. The number of carbonyl (C=O) groups excluding carboxylic acids is 1. The summed E-state index contributed by atoms with van der Waals surface area (Å²) in [6, 6.07) is 6.38. The minimum Gasteiger partial charge on any atom is -0.497 e. The van der Waals surface area contributed by atoms with Gasteiger partial charge in [0, 0.05) is 11.8 Å². The average molecular weight is 242 g/mol. The van der Waals surface area contributed by atoms with Gasteiger partial charge in [-0.05, 0) is 55.0 Å². The lowest BCUT2D eigenvalue weighted by Crippen LogP contribution is -2.32. The van der Waals surface area contributed by atoms with E-state index in [-0.39, 0.29) is 11.2 Å². The lowest BCUT2D eigenvalue weighted by atomic mass is 9.65. The lowest BCUT2D eigenvalue weighted by Gasteiger charge is -2.38. The summed E-state index contributed by atoms with van der Waals surface area (Å²) in [5, 5.41) is 0. The van der Waals surface area contributed by atoms with E-state index >= 15 is 0 Å². The number of methoxy groups -OCH3 is 1. The fourth-order valence-corrected chi connectivity index (χ4v) is 3.32. The molecule has 0 amide bonds. The van der Waals surface area contributed by atoms with Gasteiger partial charge in [0.25, 0.3) is 0 Å². The summed E-state index contributed by atoms with van der Waals surface area (Å²) in [7, 11) is 1.71. The van der Waals surface area contributed by atoms with E-state index in [0.717, 1.165) is 25.0 Å². The molecule has 0 N–H and O–H groups in total. The van der Waals surface area contributed by atoms with E-state index in [0.29, 0.717) is 6.42 Å². The van der Waals surface area contributed by atoms with Crippen molar-refractivity contribution in [2.24, 2.45) is 0 Å². The highest BCUT2D eigenvalue weighted by molar-refractivity contribution is 5.91. The van der Waals surface area contributed by atoms with Crippen LogP contribution in [0, 0.1) is 0 Å². The number of allylic oxidation sites excluding steroid dienone is 2. The van der Waals surface area contributed by atoms with Gasteiger partial charge < -0.3 is 4.74 Å². The highest BCUT2D eigenvalue weighted by atomic mass is 16.5. The Bertz CT molecular complexity index is 516. The minimum absolute atomic E-state index is 0.105. The quantitative estimate of drug-likeness (QED) is 0.756. The molecule has 1 aromatic rings. The third kappa shape index (κ3) is 1.76. The van der Waals surface area contributed by atoms with Gasteiger partial charge >= 0.3 is 0 Å². The zero-order valence-corrected chi connectivity index (χ0v) is 10.7. The summed E-state index contributed by atoms with van der Waals surface area (Å²) in [6.45, 7) is 0. The Morgan fingerprint density at radius 3 is 2.83 bits per heavy atom. The number of carbonyl (C=O) groups is 1. The molecule has 2 nitrogen and oxygen atoms in total. The van der Waals surface area contributed by atoms with Crippen LogP contribution in [0.1, 0.15) is 36.8 Å². The Balaban J connectivity index is 2.07. The number of hydrogen-bond acceptors (Lipinski definition) is 2. The second-order valence-corrected chi connectivity index (χ2v) is 5.33. The molecule has 0 aliphatic heterocycles. The summed E-state index contributed by atoms with van der Waals surface area (Å²) < 4.78 is 5.30. The fourth-order valence-electron chi connectivity index (χ4n) is 3.32. The molecule has 0 bridgehead atoms. The number of fused-ring (bicyclic) bond motifs is 2. The van der Waals surface area contributed by atoms with Crippen molar-refractivity contribution < 1.29 is 9.53 Å². The van der Waals surface area contributed by atoms with Gasteiger partial charge in [0.05, 0.1) is 7.11 Å². The number of ether oxygens (including phenoxy) is 1. The summed E-state index contributed by atoms with van der Waals surface area (Å²) in [4.78, 5) is 11.4. The predicted octanol–water partition coefficient (Wildman–Crippen LogP) is 3.19. The van der Waals surface area contributed by atoms with Crippen molar-refractivity contribution in [1.29, 1.82) is 0 Å². The topological polar surface area (TPSA) is 26.3 Å². The molecule has 0 saturated heterocycles. The molecule has 2 aliphatic rings. The molecule has 2 heteroatoms. The molecule has 1 atom stereocenters. The van der Waals surface area contributed by atoms with Crippen LogP contribution >= 0.6 is 0 Å². The smallest absolute Gasteiger partial charge is 0.155 e. The van der Waals surface area contributed by atoms with Gasteiger partial charge in [0.1, 0.15) is 5.75 Å². The molecule has 2 aliphatic carbocycles. The molecule has 0 aromatic heterocycles. The molecule has 94 valence electrons. The van der Waals surface area contributed by atoms with Crippen LogP contribution in [0.3, 0.4) is 0 Å². The largest absolute Gasteiger partial charge is 0.497 e. The molecule has 18 heavy (non-hydrogen) atoms. The standard InChI is InChI=1S/C16H18O2/c1-18-14-4-5-15-12(11-14)3-2-8-16(15)9-6-13(17)7-10-16/h4-6,9,11H,2-3,7-8,10H2,1H3/t16-/m1/s1. The van der Waals surface area contributed by atoms with Crippen LogP contribution in [0.4, 0.5) is 0 Å². The molecule has 0 saturated carbocycles. The maximum absolute atomic E-state index is 11.4. The number of rotatable bonds is 1. The van der Waals surface area contributed by atoms with Crippen molar-refractivity contribution in [1.82, 2.24) is 0 Å². The maximum atomic E-state index is 11.4. The molecule has 0 unspecified atom stereocenters. The zero-order valence-electron chi connectivity index (χ0n) is 10.7. The first-order valence-electron chi connectivity index (χ1n) is 6.63. The fraction of sp³-hybridized carbons (Fsp3) is 0.438. The summed E-state index contributed by atoms with van der Waals surface area (Å²) in [5.74, 6) is 1.20. The van der Waals surface area contributed by atoms with Crippen LogP contribution in [-0.4, -0.2) is 12.9 Å². The predicted molar refractivity (Wildman–Crippen MR) is 71.0 cm³/mol. The summed E-state index contributed by atoms with van der Waals surface area (Å²) in [5.41, 5.74) is 2.89. The number of hydrogen-bond donors (Lipinski definition) is 0. The molecule has 0 fully saturated rings.